The van der Waals surface area contributed by atoms with Gasteiger partial charge in [0.05, 0.1) is 12.0 Å². The molecule has 0 spiro atoms. The lowest BCUT2D eigenvalue weighted by Gasteiger charge is -2.04. The van der Waals surface area contributed by atoms with E-state index in [0.29, 0.717) is 27.5 Å². The Bertz CT molecular complexity index is 1530. The molecule has 0 bridgehead atoms. The smallest absolute Gasteiger partial charge is 0.297 e. The molecule has 31 heavy (non-hydrogen) atoms. The van der Waals surface area contributed by atoms with Crippen molar-refractivity contribution in [2.45, 2.75) is 6.54 Å². The number of hydrogen-bond acceptors (Lipinski definition) is 7. The Hall–Kier alpha value is -4.25. The summed E-state index contributed by atoms with van der Waals surface area (Å²) in [6.45, 7) is -0.246. The Balaban J connectivity index is 1.35. The van der Waals surface area contributed by atoms with Gasteiger partial charge in [-0.15, -0.1) is 11.3 Å². The van der Waals surface area contributed by atoms with Gasteiger partial charge in [0, 0.05) is 22.5 Å². The van der Waals surface area contributed by atoms with Gasteiger partial charge < -0.3 is 20.5 Å². The fraction of sp³-hybridized carbons (Fsp3) is 0.0500. The number of furan rings is 1. The Labute approximate surface area is 177 Å². The number of nitrogens with zero attached hydrogens (tertiary/aromatic N) is 3. The van der Waals surface area contributed by atoms with E-state index in [0.717, 1.165) is 5.39 Å². The number of anilines is 1. The standard InChI is InChI=1S/C20H14N6O4S/c21-18(28)12-5-10(6-22-12)13-8-31-20(24-13)25-15(27)7-26-9-23-16-11-3-1-2-4-14(11)30-17(16)19(26)29/h1-6,8-9,22H,7H2,(H2,21,28)(H,24,25,27). The summed E-state index contributed by atoms with van der Waals surface area (Å²) in [5.41, 5.74) is 7.42. The van der Waals surface area contributed by atoms with Gasteiger partial charge in [-0.3, -0.25) is 19.0 Å². The van der Waals surface area contributed by atoms with Crippen LogP contribution in [0, 0.1) is 0 Å². The van der Waals surface area contributed by atoms with Crippen LogP contribution in [-0.2, 0) is 11.3 Å². The van der Waals surface area contributed by atoms with Gasteiger partial charge in [0.1, 0.15) is 23.3 Å². The van der Waals surface area contributed by atoms with Crippen molar-refractivity contribution in [3.05, 3.63) is 64.3 Å². The highest BCUT2D eigenvalue weighted by atomic mass is 32.1. The maximum Gasteiger partial charge on any atom is 0.297 e. The van der Waals surface area contributed by atoms with Crippen LogP contribution in [0.2, 0.25) is 0 Å². The van der Waals surface area contributed by atoms with Crippen LogP contribution >= 0.6 is 11.3 Å². The van der Waals surface area contributed by atoms with Crippen molar-refractivity contribution in [3.8, 4) is 11.3 Å². The van der Waals surface area contributed by atoms with Crippen LogP contribution in [0.5, 0.6) is 0 Å². The lowest BCUT2D eigenvalue weighted by atomic mass is 10.2. The van der Waals surface area contributed by atoms with E-state index >= 15 is 0 Å². The summed E-state index contributed by atoms with van der Waals surface area (Å²) in [4.78, 5) is 47.8. The summed E-state index contributed by atoms with van der Waals surface area (Å²) in [6.07, 6.45) is 2.93. The van der Waals surface area contributed by atoms with Crippen molar-refractivity contribution in [2.24, 2.45) is 5.73 Å². The number of benzene rings is 1. The SMILES string of the molecule is NC(=O)c1cc(-c2csc(NC(=O)Cn3cnc4c(oc5ccccc54)c3=O)n2)c[nH]1. The van der Waals surface area contributed by atoms with Crippen molar-refractivity contribution >= 4 is 50.4 Å². The van der Waals surface area contributed by atoms with E-state index in [1.165, 1.54) is 22.2 Å². The number of H-pyrrole nitrogens is 1. The number of carbonyl (C=O) groups excluding carboxylic acids is 2. The van der Waals surface area contributed by atoms with Crippen LogP contribution in [0.25, 0.3) is 33.3 Å². The van der Waals surface area contributed by atoms with Crippen molar-refractivity contribution in [3.63, 3.8) is 0 Å². The number of carbonyl (C=O) groups is 2. The molecule has 4 N–H and O–H groups in total. The number of primary amides is 1. The second kappa shape index (κ2) is 7.22. The van der Waals surface area contributed by atoms with Crippen LogP contribution in [0.1, 0.15) is 10.5 Å². The van der Waals surface area contributed by atoms with E-state index in [9.17, 15) is 14.4 Å². The number of amides is 2. The molecule has 11 heteroatoms. The molecule has 0 aliphatic carbocycles. The molecule has 0 fully saturated rings. The first-order valence-corrected chi connectivity index (χ1v) is 9.98. The molecule has 5 rings (SSSR count). The Morgan fingerprint density at radius 1 is 1.29 bits per heavy atom. The van der Waals surface area contributed by atoms with Gasteiger partial charge in [-0.25, -0.2) is 9.97 Å². The minimum absolute atomic E-state index is 0.103. The number of nitrogens with one attached hydrogen (secondary N) is 2. The van der Waals surface area contributed by atoms with Gasteiger partial charge >= 0.3 is 0 Å². The lowest BCUT2D eigenvalue weighted by Crippen LogP contribution is -2.27. The molecular weight excluding hydrogens is 420 g/mol. The second-order valence-electron chi connectivity index (χ2n) is 6.71. The second-order valence-corrected chi connectivity index (χ2v) is 7.56. The molecule has 1 aromatic carbocycles. The zero-order valence-corrected chi connectivity index (χ0v) is 16.6. The highest BCUT2D eigenvalue weighted by molar-refractivity contribution is 7.14. The van der Waals surface area contributed by atoms with Gasteiger partial charge in [-0.05, 0) is 18.2 Å². The quantitative estimate of drug-likeness (QED) is 0.386. The molecular formula is C20H14N6O4S. The number of thiazole rings is 1. The fourth-order valence-electron chi connectivity index (χ4n) is 3.19. The van der Waals surface area contributed by atoms with Crippen molar-refractivity contribution in [1.82, 2.24) is 19.5 Å². The normalized spacial score (nSPS) is 11.2. The first-order chi connectivity index (χ1) is 15.0. The molecule has 0 saturated carbocycles. The third-order valence-electron chi connectivity index (χ3n) is 4.66. The molecule has 0 radical (unpaired) electrons. The number of rotatable bonds is 5. The van der Waals surface area contributed by atoms with Crippen LogP contribution < -0.4 is 16.6 Å². The molecule has 0 atom stereocenters. The largest absolute Gasteiger partial charge is 0.448 e. The number of aromatic amines is 1. The highest BCUT2D eigenvalue weighted by Gasteiger charge is 2.16. The summed E-state index contributed by atoms with van der Waals surface area (Å²) in [7, 11) is 0. The van der Waals surface area contributed by atoms with E-state index < -0.39 is 17.4 Å². The first-order valence-electron chi connectivity index (χ1n) is 9.10. The Morgan fingerprint density at radius 2 is 2.13 bits per heavy atom. The molecule has 4 aromatic heterocycles. The molecule has 0 aliphatic heterocycles. The van der Waals surface area contributed by atoms with E-state index in [4.69, 9.17) is 10.2 Å². The van der Waals surface area contributed by atoms with Gasteiger partial charge in [0.15, 0.2) is 5.13 Å². The van der Waals surface area contributed by atoms with Gasteiger partial charge in [0.25, 0.3) is 11.5 Å². The first kappa shape index (κ1) is 18.8. The molecule has 154 valence electrons. The average Bonchev–Trinajstić information content (AvgIpc) is 3.48. The monoisotopic (exact) mass is 434 g/mol. The van der Waals surface area contributed by atoms with Gasteiger partial charge in [-0.2, -0.15) is 0 Å². The van der Waals surface area contributed by atoms with Gasteiger partial charge in [0.2, 0.25) is 11.5 Å². The zero-order chi connectivity index (χ0) is 21.5. The molecule has 0 unspecified atom stereocenters. The van der Waals surface area contributed by atoms with Crippen LogP contribution in [0.15, 0.2) is 57.4 Å². The average molecular weight is 434 g/mol. The molecule has 2 amide bonds. The van der Waals surface area contributed by atoms with E-state index in [1.807, 2.05) is 12.1 Å². The molecule has 4 heterocycles. The van der Waals surface area contributed by atoms with E-state index in [1.54, 1.807) is 29.8 Å². The van der Waals surface area contributed by atoms with Crippen LogP contribution in [-0.4, -0.2) is 31.3 Å². The molecule has 10 nitrogen and oxygen atoms in total. The summed E-state index contributed by atoms with van der Waals surface area (Å²) in [5, 5.41) is 5.49. The number of hydrogen-bond donors (Lipinski definition) is 3. The van der Waals surface area contributed by atoms with Crippen LogP contribution in [0.3, 0.4) is 0 Å². The topological polar surface area (TPSA) is 149 Å². The molecule has 0 aliphatic rings. The minimum Gasteiger partial charge on any atom is -0.448 e. The Morgan fingerprint density at radius 3 is 2.94 bits per heavy atom. The lowest BCUT2D eigenvalue weighted by molar-refractivity contribution is -0.116. The van der Waals surface area contributed by atoms with E-state index in [-0.39, 0.29) is 17.8 Å². The third-order valence-corrected chi connectivity index (χ3v) is 5.42. The Kier molecular flexibility index (Phi) is 4.37. The fourth-order valence-corrected chi connectivity index (χ4v) is 3.93. The molecule has 5 aromatic rings. The minimum atomic E-state index is -0.574. The van der Waals surface area contributed by atoms with Crippen molar-refractivity contribution in [2.75, 3.05) is 5.32 Å². The summed E-state index contributed by atoms with van der Waals surface area (Å²) in [5.74, 6) is -1.01. The van der Waals surface area contributed by atoms with Crippen molar-refractivity contribution < 1.29 is 14.0 Å². The predicted octanol–water partition coefficient (Wildman–Crippen LogP) is 2.33. The maximum atomic E-state index is 12.7. The number of aromatic nitrogens is 4. The third kappa shape index (κ3) is 3.36. The number of fused-ring (bicyclic) bond motifs is 3. The number of nitrogens with two attached hydrogens (primary N) is 1. The summed E-state index contributed by atoms with van der Waals surface area (Å²) >= 11 is 1.22. The molecule has 0 saturated heterocycles. The predicted molar refractivity (Wildman–Crippen MR) is 115 cm³/mol. The summed E-state index contributed by atoms with van der Waals surface area (Å²) in [6, 6.07) is 8.80. The van der Waals surface area contributed by atoms with Gasteiger partial charge in [-0.1, -0.05) is 12.1 Å². The van der Waals surface area contributed by atoms with Crippen LogP contribution in [0.4, 0.5) is 5.13 Å². The summed E-state index contributed by atoms with van der Waals surface area (Å²) < 4.78 is 6.80. The number of para-hydroxylation sites is 1. The maximum absolute atomic E-state index is 12.7. The highest BCUT2D eigenvalue weighted by Crippen LogP contribution is 2.26. The zero-order valence-electron chi connectivity index (χ0n) is 15.8. The van der Waals surface area contributed by atoms with E-state index in [2.05, 4.69) is 20.3 Å². The van der Waals surface area contributed by atoms with Crippen molar-refractivity contribution in [1.29, 1.82) is 0 Å².